The van der Waals surface area contributed by atoms with E-state index in [2.05, 4.69) is 0 Å². The summed E-state index contributed by atoms with van der Waals surface area (Å²) >= 11 is 0. The summed E-state index contributed by atoms with van der Waals surface area (Å²) in [7, 11) is 0. The average molecular weight is 265 g/mol. The summed E-state index contributed by atoms with van der Waals surface area (Å²) in [5.74, 6) is -1.05. The van der Waals surface area contributed by atoms with Crippen molar-refractivity contribution in [3.05, 3.63) is 24.0 Å². The predicted molar refractivity (Wildman–Crippen MR) is 56.9 cm³/mol. The van der Waals surface area contributed by atoms with Crippen molar-refractivity contribution in [2.45, 2.75) is 32.7 Å². The fourth-order valence-electron chi connectivity index (χ4n) is 1.43. The lowest BCUT2D eigenvalue weighted by atomic mass is 9.94. The highest BCUT2D eigenvalue weighted by Gasteiger charge is 2.40. The summed E-state index contributed by atoms with van der Waals surface area (Å²) in [5, 5.41) is 17.9. The summed E-state index contributed by atoms with van der Waals surface area (Å²) < 4.78 is 38.1. The zero-order valence-corrected chi connectivity index (χ0v) is 9.90. The number of aliphatic hydroxyl groups is 1. The molecule has 0 bridgehead atoms. The summed E-state index contributed by atoms with van der Waals surface area (Å²) in [5.41, 5.74) is -1.40. The Kier molecular flexibility index (Phi) is 3.75. The van der Waals surface area contributed by atoms with Crippen LogP contribution >= 0.6 is 0 Å². The van der Waals surface area contributed by atoms with Gasteiger partial charge in [0.1, 0.15) is 0 Å². The van der Waals surface area contributed by atoms with Crippen LogP contribution in [0.1, 0.15) is 25.5 Å². The first-order valence-electron chi connectivity index (χ1n) is 5.18. The molecule has 1 aromatic rings. The van der Waals surface area contributed by atoms with Crippen molar-refractivity contribution in [1.29, 1.82) is 0 Å². The van der Waals surface area contributed by atoms with Gasteiger partial charge in [-0.3, -0.25) is 4.79 Å². The number of carboxylic acids is 1. The van der Waals surface area contributed by atoms with Crippen LogP contribution in [0.5, 0.6) is 0 Å². The van der Waals surface area contributed by atoms with Gasteiger partial charge in [-0.1, -0.05) is 0 Å². The van der Waals surface area contributed by atoms with Crippen LogP contribution in [0.3, 0.4) is 0 Å². The minimum atomic E-state index is -4.73. The highest BCUT2D eigenvalue weighted by atomic mass is 19.4. The molecule has 18 heavy (non-hydrogen) atoms. The first-order valence-corrected chi connectivity index (χ1v) is 5.18. The van der Waals surface area contributed by atoms with Crippen molar-refractivity contribution in [3.63, 3.8) is 0 Å². The fraction of sp³-hybridized carbons (Fsp3) is 0.545. The highest BCUT2D eigenvalue weighted by Crippen LogP contribution is 2.32. The number of hydrogen-bond donors (Lipinski definition) is 2. The maximum Gasteiger partial charge on any atom is 0.418 e. The second-order valence-corrected chi connectivity index (χ2v) is 4.75. The predicted octanol–water partition coefficient (Wildman–Crippen LogP) is 2.19. The van der Waals surface area contributed by atoms with Crippen molar-refractivity contribution >= 4 is 5.97 Å². The van der Waals surface area contributed by atoms with Crippen LogP contribution in [0.4, 0.5) is 13.2 Å². The van der Waals surface area contributed by atoms with E-state index in [1.165, 1.54) is 24.6 Å². The molecule has 1 atom stereocenters. The first-order chi connectivity index (χ1) is 8.04. The van der Waals surface area contributed by atoms with Gasteiger partial charge in [0.2, 0.25) is 0 Å². The van der Waals surface area contributed by atoms with E-state index in [0.29, 0.717) is 0 Å². The van der Waals surface area contributed by atoms with Gasteiger partial charge >= 0.3 is 12.1 Å². The molecule has 0 fully saturated rings. The number of rotatable bonds is 4. The molecule has 7 heteroatoms. The van der Waals surface area contributed by atoms with Crippen LogP contribution in [0.2, 0.25) is 0 Å². The number of carbonyl (C=O) groups is 1. The second kappa shape index (κ2) is 4.64. The fourth-order valence-corrected chi connectivity index (χ4v) is 1.43. The molecule has 0 aliphatic rings. The van der Waals surface area contributed by atoms with Crippen LogP contribution in [-0.2, 0) is 11.3 Å². The number of aromatic nitrogens is 1. The minimum Gasteiger partial charge on any atom is -0.481 e. The topological polar surface area (TPSA) is 62.5 Å². The van der Waals surface area contributed by atoms with Crippen molar-refractivity contribution in [1.82, 2.24) is 4.57 Å². The molecule has 0 aliphatic heterocycles. The molecule has 0 saturated heterocycles. The Bertz CT molecular complexity index is 437. The van der Waals surface area contributed by atoms with E-state index in [1.54, 1.807) is 0 Å². The zero-order chi connectivity index (χ0) is 14.1. The molecule has 102 valence electrons. The third-order valence-corrected chi connectivity index (χ3v) is 2.56. The number of alkyl halides is 3. The first kappa shape index (κ1) is 14.6. The maximum atomic E-state index is 12.3. The Morgan fingerprint density at radius 1 is 1.44 bits per heavy atom. The van der Waals surface area contributed by atoms with Crippen LogP contribution in [0, 0.1) is 5.41 Å². The molecule has 1 unspecified atom stereocenters. The lowest BCUT2D eigenvalue weighted by molar-refractivity contribution is -0.206. The summed E-state index contributed by atoms with van der Waals surface area (Å²) in [6, 6.07) is 1.12. The largest absolute Gasteiger partial charge is 0.481 e. The van der Waals surface area contributed by atoms with Gasteiger partial charge in [0, 0.05) is 24.5 Å². The van der Waals surface area contributed by atoms with Crippen molar-refractivity contribution in [3.8, 4) is 0 Å². The standard InChI is InChI=1S/C11H14F3NO3/c1-10(2,9(17)18)6-15-4-3-7(5-15)8(16)11(12,13)14/h3-5,8,16H,6H2,1-2H3,(H,17,18). The van der Waals surface area contributed by atoms with Crippen LogP contribution in [0.15, 0.2) is 18.5 Å². The second-order valence-electron chi connectivity index (χ2n) is 4.75. The van der Waals surface area contributed by atoms with Gasteiger partial charge in [0.15, 0.2) is 6.10 Å². The van der Waals surface area contributed by atoms with Crippen LogP contribution in [-0.4, -0.2) is 26.9 Å². The monoisotopic (exact) mass is 265 g/mol. The molecule has 0 radical (unpaired) electrons. The highest BCUT2D eigenvalue weighted by molar-refractivity contribution is 5.73. The average Bonchev–Trinajstić information content (AvgIpc) is 2.62. The Balaban J connectivity index is 2.85. The lowest BCUT2D eigenvalue weighted by Gasteiger charge is -2.19. The van der Waals surface area contributed by atoms with E-state index in [4.69, 9.17) is 10.2 Å². The smallest absolute Gasteiger partial charge is 0.418 e. The molecule has 0 aromatic carbocycles. The van der Waals surface area contributed by atoms with Gasteiger partial charge < -0.3 is 14.8 Å². The zero-order valence-electron chi connectivity index (χ0n) is 9.90. The molecular formula is C11H14F3NO3. The molecular weight excluding hydrogens is 251 g/mol. The SMILES string of the molecule is CC(C)(Cn1ccc(C(O)C(F)(F)F)c1)C(=O)O. The summed E-state index contributed by atoms with van der Waals surface area (Å²) in [4.78, 5) is 10.9. The normalized spacial score (nSPS) is 14.6. The van der Waals surface area contributed by atoms with E-state index >= 15 is 0 Å². The van der Waals surface area contributed by atoms with Crippen molar-refractivity contribution < 1.29 is 28.2 Å². The van der Waals surface area contributed by atoms with Gasteiger partial charge in [0.25, 0.3) is 0 Å². The molecule has 0 saturated carbocycles. The number of halogens is 3. The van der Waals surface area contributed by atoms with Crippen molar-refractivity contribution in [2.24, 2.45) is 5.41 Å². The van der Waals surface area contributed by atoms with E-state index in [1.807, 2.05) is 0 Å². The number of aliphatic hydroxyl groups excluding tert-OH is 1. The third-order valence-electron chi connectivity index (χ3n) is 2.56. The molecule has 0 aliphatic carbocycles. The molecule has 2 N–H and O–H groups in total. The van der Waals surface area contributed by atoms with Gasteiger partial charge in [-0.2, -0.15) is 13.2 Å². The number of hydrogen-bond acceptors (Lipinski definition) is 2. The summed E-state index contributed by atoms with van der Waals surface area (Å²) in [6.45, 7) is 2.96. The molecule has 1 aromatic heterocycles. The van der Waals surface area contributed by atoms with E-state index in [9.17, 15) is 18.0 Å². The van der Waals surface area contributed by atoms with Gasteiger partial charge in [-0.15, -0.1) is 0 Å². The van der Waals surface area contributed by atoms with Crippen LogP contribution in [0.25, 0.3) is 0 Å². The molecule has 0 amide bonds. The molecule has 0 spiro atoms. The molecule has 4 nitrogen and oxygen atoms in total. The molecule has 1 rings (SSSR count). The molecule has 1 heterocycles. The number of nitrogens with zero attached hydrogens (tertiary/aromatic N) is 1. The van der Waals surface area contributed by atoms with Crippen molar-refractivity contribution in [2.75, 3.05) is 0 Å². The van der Waals surface area contributed by atoms with Gasteiger partial charge in [-0.25, -0.2) is 0 Å². The quantitative estimate of drug-likeness (QED) is 0.877. The van der Waals surface area contributed by atoms with E-state index in [0.717, 1.165) is 12.3 Å². The minimum absolute atomic E-state index is 0.0207. The lowest BCUT2D eigenvalue weighted by Crippen LogP contribution is -2.28. The van der Waals surface area contributed by atoms with E-state index in [-0.39, 0.29) is 12.1 Å². The third kappa shape index (κ3) is 3.25. The van der Waals surface area contributed by atoms with E-state index < -0.39 is 23.7 Å². The van der Waals surface area contributed by atoms with Gasteiger partial charge in [-0.05, 0) is 19.9 Å². The Hall–Kier alpha value is -1.50. The number of aliphatic carboxylic acids is 1. The van der Waals surface area contributed by atoms with Gasteiger partial charge in [0.05, 0.1) is 5.41 Å². The maximum absolute atomic E-state index is 12.3. The Morgan fingerprint density at radius 3 is 2.44 bits per heavy atom. The Morgan fingerprint density at radius 2 is 2.00 bits per heavy atom. The Labute approximate surface area is 102 Å². The van der Waals surface area contributed by atoms with Crippen LogP contribution < -0.4 is 0 Å². The number of carboxylic acid groups (broad SMARTS) is 1. The summed E-state index contributed by atoms with van der Waals surface area (Å²) in [6.07, 6.45) is -4.86.